The third kappa shape index (κ3) is 3.08. The Labute approximate surface area is 182 Å². The second-order valence-corrected chi connectivity index (χ2v) is 7.55. The predicted molar refractivity (Wildman–Crippen MR) is 121 cm³/mol. The molecule has 154 valence electrons. The van der Waals surface area contributed by atoms with Crippen LogP contribution in [0.5, 0.6) is 0 Å². The van der Waals surface area contributed by atoms with Crippen molar-refractivity contribution in [1.82, 2.24) is 35.6 Å². The SMILES string of the molecule is C[NH+]1C=Cc2ccc(-c3cc(Nc4cnccc4-c4nn[nH]n4)cc4nccnc34)cc21. The first-order chi connectivity index (χ1) is 15.8. The van der Waals surface area contributed by atoms with Crippen LogP contribution in [0.25, 0.3) is 39.6 Å². The van der Waals surface area contributed by atoms with Crippen LogP contribution in [0.3, 0.4) is 0 Å². The highest BCUT2D eigenvalue weighted by molar-refractivity contribution is 5.96. The van der Waals surface area contributed by atoms with E-state index in [0.717, 1.165) is 39.1 Å². The summed E-state index contributed by atoms with van der Waals surface area (Å²) in [5.41, 5.74) is 8.65. The quantitative estimate of drug-likeness (QED) is 0.410. The van der Waals surface area contributed by atoms with E-state index in [1.165, 1.54) is 16.2 Å². The number of tetrazole rings is 1. The Hall–Kier alpha value is -4.50. The molecule has 3 N–H and O–H groups in total. The van der Waals surface area contributed by atoms with Gasteiger partial charge in [-0.25, -0.2) is 0 Å². The van der Waals surface area contributed by atoms with Crippen LogP contribution in [0.2, 0.25) is 0 Å². The van der Waals surface area contributed by atoms with Crippen molar-refractivity contribution >= 4 is 34.2 Å². The average Bonchev–Trinajstić information content (AvgIpc) is 3.49. The summed E-state index contributed by atoms with van der Waals surface area (Å²) in [6, 6.07) is 12.4. The number of hydrogen-bond donors (Lipinski definition) is 3. The van der Waals surface area contributed by atoms with Crippen LogP contribution in [0.15, 0.2) is 67.4 Å². The lowest BCUT2D eigenvalue weighted by atomic mass is 10.00. The molecule has 0 radical (unpaired) electrons. The summed E-state index contributed by atoms with van der Waals surface area (Å²) < 4.78 is 0. The molecule has 0 saturated carbocycles. The first-order valence-corrected chi connectivity index (χ1v) is 10.1. The molecule has 0 bridgehead atoms. The van der Waals surface area contributed by atoms with Gasteiger partial charge in [-0.3, -0.25) is 19.9 Å². The van der Waals surface area contributed by atoms with Crippen LogP contribution < -0.4 is 10.2 Å². The molecule has 0 aliphatic carbocycles. The van der Waals surface area contributed by atoms with Crippen LogP contribution in [0, 0.1) is 0 Å². The van der Waals surface area contributed by atoms with E-state index in [0.29, 0.717) is 5.82 Å². The van der Waals surface area contributed by atoms with E-state index in [1.54, 1.807) is 24.8 Å². The molecule has 6 rings (SSSR count). The van der Waals surface area contributed by atoms with Gasteiger partial charge in [-0.1, -0.05) is 6.07 Å². The van der Waals surface area contributed by atoms with Crippen LogP contribution in [-0.4, -0.2) is 42.6 Å². The first kappa shape index (κ1) is 18.3. The molecule has 1 unspecified atom stereocenters. The number of rotatable bonds is 4. The summed E-state index contributed by atoms with van der Waals surface area (Å²) in [6.45, 7) is 0. The van der Waals surface area contributed by atoms with Gasteiger partial charge in [0.05, 0.1) is 36.2 Å². The summed E-state index contributed by atoms with van der Waals surface area (Å²) in [5, 5.41) is 17.8. The molecule has 9 nitrogen and oxygen atoms in total. The lowest BCUT2D eigenvalue weighted by Gasteiger charge is -2.14. The number of nitrogens with one attached hydrogen (secondary N) is 3. The van der Waals surface area contributed by atoms with Crippen LogP contribution in [0.4, 0.5) is 17.1 Å². The fourth-order valence-electron chi connectivity index (χ4n) is 4.00. The number of aromatic amines is 1. The Morgan fingerprint density at radius 2 is 1.91 bits per heavy atom. The summed E-state index contributed by atoms with van der Waals surface area (Å²) in [4.78, 5) is 14.7. The molecule has 5 aromatic rings. The van der Waals surface area contributed by atoms with E-state index in [1.807, 2.05) is 12.1 Å². The highest BCUT2D eigenvalue weighted by atomic mass is 15.5. The highest BCUT2D eigenvalue weighted by Gasteiger charge is 2.18. The van der Waals surface area contributed by atoms with E-state index < -0.39 is 0 Å². The zero-order valence-corrected chi connectivity index (χ0v) is 17.1. The summed E-state index contributed by atoms with van der Waals surface area (Å²) >= 11 is 0. The molecule has 9 heteroatoms. The summed E-state index contributed by atoms with van der Waals surface area (Å²) in [5.74, 6) is 0.493. The number of benzene rings is 2. The Balaban J connectivity index is 1.48. The monoisotopic (exact) mass is 420 g/mol. The number of quaternary nitrogens is 1. The lowest BCUT2D eigenvalue weighted by Crippen LogP contribution is -2.97. The molecule has 1 aliphatic heterocycles. The van der Waals surface area contributed by atoms with Gasteiger partial charge in [0.15, 0.2) is 0 Å². The largest absolute Gasteiger partial charge is 0.354 e. The fourth-order valence-corrected chi connectivity index (χ4v) is 4.00. The Morgan fingerprint density at radius 1 is 0.969 bits per heavy atom. The van der Waals surface area contributed by atoms with Crippen molar-refractivity contribution < 1.29 is 4.90 Å². The van der Waals surface area contributed by atoms with Crippen molar-refractivity contribution in [2.24, 2.45) is 0 Å². The lowest BCUT2D eigenvalue weighted by molar-refractivity contribution is -0.746. The highest BCUT2D eigenvalue weighted by Crippen LogP contribution is 2.35. The second-order valence-electron chi connectivity index (χ2n) is 7.55. The third-order valence-electron chi connectivity index (χ3n) is 5.56. The molecular weight excluding hydrogens is 402 g/mol. The molecule has 0 amide bonds. The minimum Gasteiger partial charge on any atom is -0.354 e. The average molecular weight is 420 g/mol. The smallest absolute Gasteiger partial charge is 0.206 e. The van der Waals surface area contributed by atoms with E-state index >= 15 is 0 Å². The second kappa shape index (κ2) is 7.33. The van der Waals surface area contributed by atoms with Gasteiger partial charge in [0.2, 0.25) is 5.82 Å². The molecule has 4 heterocycles. The van der Waals surface area contributed by atoms with Crippen molar-refractivity contribution in [1.29, 1.82) is 0 Å². The number of H-pyrrole nitrogens is 1. The van der Waals surface area contributed by atoms with E-state index in [2.05, 4.69) is 84.5 Å². The van der Waals surface area contributed by atoms with Crippen molar-refractivity contribution in [2.45, 2.75) is 0 Å². The maximum absolute atomic E-state index is 4.62. The molecule has 0 saturated heterocycles. The van der Waals surface area contributed by atoms with Crippen LogP contribution in [-0.2, 0) is 0 Å². The zero-order valence-electron chi connectivity index (χ0n) is 17.1. The van der Waals surface area contributed by atoms with E-state index in [-0.39, 0.29) is 0 Å². The van der Waals surface area contributed by atoms with E-state index in [4.69, 9.17) is 0 Å². The number of pyridine rings is 1. The van der Waals surface area contributed by atoms with Gasteiger partial charge in [-0.15, -0.1) is 10.2 Å². The topological polar surface area (TPSA) is 110 Å². The zero-order chi connectivity index (χ0) is 21.5. The third-order valence-corrected chi connectivity index (χ3v) is 5.56. The maximum Gasteiger partial charge on any atom is 0.206 e. The van der Waals surface area contributed by atoms with E-state index in [9.17, 15) is 0 Å². The van der Waals surface area contributed by atoms with Gasteiger partial charge in [0.1, 0.15) is 5.69 Å². The van der Waals surface area contributed by atoms with Gasteiger partial charge in [-0.2, -0.15) is 5.21 Å². The van der Waals surface area contributed by atoms with Gasteiger partial charge in [0, 0.05) is 53.1 Å². The van der Waals surface area contributed by atoms with Gasteiger partial charge in [0.25, 0.3) is 0 Å². The number of hydrogen-bond acceptors (Lipinski definition) is 7. The molecule has 32 heavy (non-hydrogen) atoms. The summed E-state index contributed by atoms with van der Waals surface area (Å²) in [7, 11) is 2.13. The Morgan fingerprint density at radius 3 is 2.81 bits per heavy atom. The molecule has 1 aliphatic rings. The first-order valence-electron chi connectivity index (χ1n) is 10.1. The minimum atomic E-state index is 0.493. The van der Waals surface area contributed by atoms with Crippen LogP contribution in [0.1, 0.15) is 5.56 Å². The molecule has 3 aromatic heterocycles. The number of fused-ring (bicyclic) bond motifs is 2. The number of anilines is 2. The fraction of sp³-hybridized carbons (Fsp3) is 0.0435. The summed E-state index contributed by atoms with van der Waals surface area (Å²) in [6.07, 6.45) is 11.2. The normalized spacial score (nSPS) is 14.6. The number of nitrogens with zero attached hydrogens (tertiary/aromatic N) is 6. The minimum absolute atomic E-state index is 0.493. The molecule has 0 spiro atoms. The van der Waals surface area contributed by atoms with Crippen molar-refractivity contribution in [2.75, 3.05) is 12.4 Å². The maximum atomic E-state index is 4.62. The molecule has 2 aromatic carbocycles. The van der Waals surface area contributed by atoms with Gasteiger partial charge in [-0.05, 0) is 35.0 Å². The van der Waals surface area contributed by atoms with Crippen molar-refractivity contribution in [3.63, 3.8) is 0 Å². The Bertz CT molecular complexity index is 1470. The van der Waals surface area contributed by atoms with Crippen molar-refractivity contribution in [3.8, 4) is 22.5 Å². The molecule has 0 fully saturated rings. The van der Waals surface area contributed by atoms with Gasteiger partial charge < -0.3 is 5.32 Å². The molecule has 1 atom stereocenters. The number of aromatic nitrogens is 7. The molecular formula is C23H18N9+. The van der Waals surface area contributed by atoms with Gasteiger partial charge >= 0.3 is 0 Å². The Kier molecular flexibility index (Phi) is 4.19. The van der Waals surface area contributed by atoms with Crippen molar-refractivity contribution in [3.05, 3.63) is 72.9 Å². The predicted octanol–water partition coefficient (Wildman–Crippen LogP) is 2.75. The van der Waals surface area contributed by atoms with Crippen LogP contribution >= 0.6 is 0 Å². The standard InChI is InChI=1S/C23H17N9/c1-32-9-5-14-2-3-15(10-21(14)32)18-11-16(12-19-22(18)26-8-7-25-19)27-20-13-24-6-4-17(20)23-28-30-31-29-23/h2-13,27H,1H3,(H,28,29,30,31)/p+1.